The number of rotatable bonds is 5. The number of nitrogens with one attached hydrogen (secondary N) is 3. The van der Waals surface area contributed by atoms with Crippen LogP contribution in [-0.4, -0.2) is 58.9 Å². The normalized spacial score (nSPS) is 15.7. The molecule has 0 bridgehead atoms. The van der Waals surface area contributed by atoms with Crippen molar-refractivity contribution in [2.24, 2.45) is 0 Å². The fraction of sp³-hybridized carbons (Fsp3) is 0.304. The van der Waals surface area contributed by atoms with E-state index in [2.05, 4.69) is 32.7 Å². The number of hydrogen-bond acceptors (Lipinski definition) is 3. The molecule has 1 atom stereocenters. The molecule has 1 aliphatic rings. The van der Waals surface area contributed by atoms with Gasteiger partial charge < -0.3 is 20.5 Å². The van der Waals surface area contributed by atoms with Crippen molar-refractivity contribution in [3.8, 4) is 0 Å². The van der Waals surface area contributed by atoms with Crippen LogP contribution in [0.3, 0.4) is 0 Å². The van der Waals surface area contributed by atoms with Crippen LogP contribution in [0.15, 0.2) is 60.8 Å². The number of urea groups is 1. The van der Waals surface area contributed by atoms with Crippen LogP contribution < -0.4 is 10.6 Å². The minimum Gasteiger partial charge on any atom is -0.361 e. The Bertz CT molecular complexity index is 1010. The number of carbonyl (C=O) groups excluding carboxylic acids is 2. The number of carbonyl (C=O) groups is 2. The lowest BCUT2D eigenvalue weighted by molar-refractivity contribution is -0.117. The first-order valence-electron chi connectivity index (χ1n) is 10.3. The zero-order chi connectivity index (χ0) is 20.9. The number of aromatic amines is 1. The van der Waals surface area contributed by atoms with Crippen LogP contribution in [0, 0.1) is 0 Å². The fourth-order valence-electron chi connectivity index (χ4n) is 3.67. The van der Waals surface area contributed by atoms with Crippen molar-refractivity contribution >= 4 is 28.5 Å². The van der Waals surface area contributed by atoms with Gasteiger partial charge in [-0.25, -0.2) is 4.79 Å². The Hall–Kier alpha value is -3.32. The molecule has 2 aromatic carbocycles. The van der Waals surface area contributed by atoms with Crippen LogP contribution in [-0.2, 0) is 11.3 Å². The summed E-state index contributed by atoms with van der Waals surface area (Å²) in [5.74, 6) is -0.239. The lowest BCUT2D eigenvalue weighted by atomic mass is 10.2. The van der Waals surface area contributed by atoms with Gasteiger partial charge in [-0.3, -0.25) is 9.69 Å². The second-order valence-electron chi connectivity index (χ2n) is 7.69. The number of benzene rings is 2. The average molecular weight is 406 g/mol. The number of hydrogen-bond donors (Lipinski definition) is 3. The lowest BCUT2D eigenvalue weighted by Gasteiger charge is -2.35. The molecule has 0 radical (unpaired) electrons. The zero-order valence-corrected chi connectivity index (χ0v) is 17.1. The zero-order valence-electron chi connectivity index (χ0n) is 17.1. The van der Waals surface area contributed by atoms with Crippen molar-refractivity contribution in [3.05, 3.63) is 66.4 Å². The van der Waals surface area contributed by atoms with E-state index >= 15 is 0 Å². The van der Waals surface area contributed by atoms with E-state index < -0.39 is 6.04 Å². The summed E-state index contributed by atoms with van der Waals surface area (Å²) in [5, 5.41) is 6.76. The number of piperazine rings is 1. The molecular formula is C23H27N5O2. The van der Waals surface area contributed by atoms with Crippen molar-refractivity contribution in [2.75, 3.05) is 31.5 Å². The lowest BCUT2D eigenvalue weighted by Crippen LogP contribution is -2.54. The average Bonchev–Trinajstić information content (AvgIpc) is 3.23. The molecule has 1 aliphatic heterocycles. The third kappa shape index (κ3) is 4.80. The Kier molecular flexibility index (Phi) is 5.99. The molecule has 30 heavy (non-hydrogen) atoms. The highest BCUT2D eigenvalue weighted by molar-refractivity contribution is 5.98. The standard InChI is InChI=1S/C23H27N5O2/c1-17(22(29)26-20-8-7-19-9-10-24-21(19)15-20)25-23(30)28-13-11-27(12-14-28)16-18-5-3-2-4-6-18/h2-10,15,17,24H,11-14,16H2,1H3,(H,25,30)(H,26,29)/t17-/m1/s1. The third-order valence-corrected chi connectivity index (χ3v) is 5.46. The first kappa shape index (κ1) is 20.0. The summed E-state index contributed by atoms with van der Waals surface area (Å²) in [6, 6.07) is 17.2. The molecule has 0 saturated carbocycles. The van der Waals surface area contributed by atoms with Gasteiger partial charge in [-0.1, -0.05) is 36.4 Å². The Morgan fingerprint density at radius 2 is 1.80 bits per heavy atom. The summed E-state index contributed by atoms with van der Waals surface area (Å²) in [6.45, 7) is 5.53. The number of nitrogens with zero attached hydrogens (tertiary/aromatic N) is 2. The number of amides is 3. The Morgan fingerprint density at radius 3 is 2.57 bits per heavy atom. The number of H-pyrrole nitrogens is 1. The molecule has 0 spiro atoms. The molecule has 3 aromatic rings. The molecule has 156 valence electrons. The van der Waals surface area contributed by atoms with Gasteiger partial charge >= 0.3 is 6.03 Å². The summed E-state index contributed by atoms with van der Waals surface area (Å²) in [4.78, 5) is 32.3. The van der Waals surface area contributed by atoms with E-state index in [1.807, 2.05) is 48.7 Å². The van der Waals surface area contributed by atoms with E-state index in [0.29, 0.717) is 18.8 Å². The summed E-state index contributed by atoms with van der Waals surface area (Å²) in [7, 11) is 0. The van der Waals surface area contributed by atoms with E-state index in [-0.39, 0.29) is 11.9 Å². The number of aromatic nitrogens is 1. The molecule has 3 amide bonds. The quantitative estimate of drug-likeness (QED) is 0.610. The molecule has 3 N–H and O–H groups in total. The van der Waals surface area contributed by atoms with Crippen LogP contribution in [0.5, 0.6) is 0 Å². The maximum Gasteiger partial charge on any atom is 0.318 e. The molecule has 0 unspecified atom stereocenters. The van der Waals surface area contributed by atoms with Gasteiger partial charge in [0, 0.05) is 50.1 Å². The minimum absolute atomic E-state index is 0.197. The van der Waals surface area contributed by atoms with Gasteiger partial charge in [0.05, 0.1) is 0 Å². The van der Waals surface area contributed by atoms with Crippen LogP contribution in [0.4, 0.5) is 10.5 Å². The highest BCUT2D eigenvalue weighted by atomic mass is 16.2. The first-order valence-corrected chi connectivity index (χ1v) is 10.3. The van der Waals surface area contributed by atoms with Crippen LogP contribution in [0.1, 0.15) is 12.5 Å². The first-order chi connectivity index (χ1) is 14.6. The van der Waals surface area contributed by atoms with Gasteiger partial charge in [0.2, 0.25) is 5.91 Å². The third-order valence-electron chi connectivity index (χ3n) is 5.46. The minimum atomic E-state index is -0.626. The van der Waals surface area contributed by atoms with Gasteiger partial charge in [-0.2, -0.15) is 0 Å². The second kappa shape index (κ2) is 9.00. The smallest absolute Gasteiger partial charge is 0.318 e. The van der Waals surface area contributed by atoms with Crippen molar-refractivity contribution in [2.45, 2.75) is 19.5 Å². The van der Waals surface area contributed by atoms with Crippen LogP contribution in [0.25, 0.3) is 10.9 Å². The molecule has 4 rings (SSSR count). The molecule has 7 heteroatoms. The predicted molar refractivity (Wildman–Crippen MR) is 118 cm³/mol. The Balaban J connectivity index is 1.24. The molecule has 1 fully saturated rings. The molecular weight excluding hydrogens is 378 g/mol. The predicted octanol–water partition coefficient (Wildman–Crippen LogP) is 3.02. The van der Waals surface area contributed by atoms with E-state index in [4.69, 9.17) is 0 Å². The summed E-state index contributed by atoms with van der Waals surface area (Å²) >= 11 is 0. The van der Waals surface area contributed by atoms with Crippen molar-refractivity contribution in [1.29, 1.82) is 0 Å². The maximum absolute atomic E-state index is 12.6. The van der Waals surface area contributed by atoms with Crippen molar-refractivity contribution in [3.63, 3.8) is 0 Å². The summed E-state index contributed by atoms with van der Waals surface area (Å²) in [5.41, 5.74) is 2.93. The van der Waals surface area contributed by atoms with Gasteiger partial charge in [0.1, 0.15) is 6.04 Å². The number of anilines is 1. The Labute approximate surface area is 176 Å². The highest BCUT2D eigenvalue weighted by Gasteiger charge is 2.24. The number of fused-ring (bicyclic) bond motifs is 1. The SMILES string of the molecule is C[C@@H](NC(=O)N1CCN(Cc2ccccc2)CC1)C(=O)Nc1ccc2cc[nH]c2c1. The highest BCUT2D eigenvalue weighted by Crippen LogP contribution is 2.17. The van der Waals surface area contributed by atoms with Crippen LogP contribution in [0.2, 0.25) is 0 Å². The summed E-state index contributed by atoms with van der Waals surface area (Å²) in [6.07, 6.45) is 1.86. The van der Waals surface area contributed by atoms with Gasteiger partial charge in [0.25, 0.3) is 0 Å². The van der Waals surface area contributed by atoms with E-state index in [1.165, 1.54) is 5.56 Å². The maximum atomic E-state index is 12.6. The van der Waals surface area contributed by atoms with E-state index in [9.17, 15) is 9.59 Å². The van der Waals surface area contributed by atoms with Gasteiger partial charge in [-0.05, 0) is 36.1 Å². The molecule has 2 heterocycles. The van der Waals surface area contributed by atoms with Gasteiger partial charge in [0.15, 0.2) is 0 Å². The molecule has 7 nitrogen and oxygen atoms in total. The van der Waals surface area contributed by atoms with E-state index in [1.54, 1.807) is 11.8 Å². The topological polar surface area (TPSA) is 80.5 Å². The Morgan fingerprint density at radius 1 is 1.03 bits per heavy atom. The monoisotopic (exact) mass is 405 g/mol. The van der Waals surface area contributed by atoms with Crippen molar-refractivity contribution < 1.29 is 9.59 Å². The van der Waals surface area contributed by atoms with Crippen LogP contribution >= 0.6 is 0 Å². The summed E-state index contributed by atoms with van der Waals surface area (Å²) < 4.78 is 0. The molecule has 0 aliphatic carbocycles. The fourth-order valence-corrected chi connectivity index (χ4v) is 3.67. The largest absolute Gasteiger partial charge is 0.361 e. The molecule has 1 aromatic heterocycles. The van der Waals surface area contributed by atoms with E-state index in [0.717, 1.165) is 30.5 Å². The molecule has 1 saturated heterocycles. The van der Waals surface area contributed by atoms with Crippen molar-refractivity contribution in [1.82, 2.24) is 20.1 Å². The second-order valence-corrected chi connectivity index (χ2v) is 7.69. The van der Waals surface area contributed by atoms with Gasteiger partial charge in [-0.15, -0.1) is 0 Å².